The SMILES string of the molecule is CCC1(CO)CCN(CC(=O)Nc2cccc(Cl)c2Cl)CC1. The zero-order valence-corrected chi connectivity index (χ0v) is 14.3. The Bertz CT molecular complexity index is 523. The van der Waals surface area contributed by atoms with Crippen molar-refractivity contribution in [3.05, 3.63) is 28.2 Å². The Labute approximate surface area is 141 Å². The van der Waals surface area contributed by atoms with Crippen molar-refractivity contribution in [3.63, 3.8) is 0 Å². The van der Waals surface area contributed by atoms with Crippen molar-refractivity contribution >= 4 is 34.8 Å². The lowest BCUT2D eigenvalue weighted by Crippen LogP contribution is -2.44. The summed E-state index contributed by atoms with van der Waals surface area (Å²) in [6, 6.07) is 5.17. The Balaban J connectivity index is 1.87. The highest BCUT2D eigenvalue weighted by molar-refractivity contribution is 6.43. The summed E-state index contributed by atoms with van der Waals surface area (Å²) in [5, 5.41) is 13.1. The van der Waals surface area contributed by atoms with Crippen molar-refractivity contribution in [3.8, 4) is 0 Å². The molecule has 6 heteroatoms. The molecular weight excluding hydrogens is 323 g/mol. The number of carbonyl (C=O) groups is 1. The third-order valence-corrected chi connectivity index (χ3v) is 5.41. The molecule has 1 heterocycles. The minimum Gasteiger partial charge on any atom is -0.396 e. The first kappa shape index (κ1) is 17.5. The van der Waals surface area contributed by atoms with Gasteiger partial charge in [-0.15, -0.1) is 0 Å². The molecule has 1 amide bonds. The summed E-state index contributed by atoms with van der Waals surface area (Å²) in [6.45, 7) is 4.31. The van der Waals surface area contributed by atoms with Gasteiger partial charge in [-0.1, -0.05) is 36.2 Å². The molecule has 0 spiro atoms. The van der Waals surface area contributed by atoms with E-state index >= 15 is 0 Å². The predicted molar refractivity (Wildman–Crippen MR) is 90.6 cm³/mol. The maximum atomic E-state index is 12.1. The van der Waals surface area contributed by atoms with Gasteiger partial charge in [0.2, 0.25) is 5.91 Å². The fourth-order valence-electron chi connectivity index (χ4n) is 2.80. The van der Waals surface area contributed by atoms with Gasteiger partial charge < -0.3 is 10.4 Å². The van der Waals surface area contributed by atoms with Gasteiger partial charge in [-0.2, -0.15) is 0 Å². The highest BCUT2D eigenvalue weighted by Gasteiger charge is 2.32. The second kappa shape index (κ2) is 7.64. The second-order valence-corrected chi connectivity index (χ2v) is 6.72. The van der Waals surface area contributed by atoms with Gasteiger partial charge in [-0.25, -0.2) is 0 Å². The molecule has 0 unspecified atom stereocenters. The van der Waals surface area contributed by atoms with Gasteiger partial charge in [-0.05, 0) is 49.9 Å². The molecule has 0 saturated carbocycles. The summed E-state index contributed by atoms with van der Waals surface area (Å²) < 4.78 is 0. The molecule has 0 radical (unpaired) electrons. The molecule has 1 fully saturated rings. The zero-order chi connectivity index (χ0) is 16.2. The molecule has 0 aliphatic carbocycles. The fraction of sp³-hybridized carbons (Fsp3) is 0.562. The van der Waals surface area contributed by atoms with Crippen LogP contribution in [-0.2, 0) is 4.79 Å². The summed E-state index contributed by atoms with van der Waals surface area (Å²) in [7, 11) is 0. The normalized spacial score (nSPS) is 18.2. The number of piperidine rings is 1. The van der Waals surface area contributed by atoms with Crippen molar-refractivity contribution in [2.75, 3.05) is 31.6 Å². The number of likely N-dealkylation sites (tertiary alicyclic amines) is 1. The number of anilines is 1. The minimum atomic E-state index is -0.0998. The Kier molecular flexibility index (Phi) is 6.09. The van der Waals surface area contributed by atoms with Crippen LogP contribution in [0.1, 0.15) is 26.2 Å². The average molecular weight is 345 g/mol. The van der Waals surface area contributed by atoms with E-state index in [-0.39, 0.29) is 17.9 Å². The van der Waals surface area contributed by atoms with Crippen LogP contribution in [0.5, 0.6) is 0 Å². The van der Waals surface area contributed by atoms with Gasteiger partial charge in [0, 0.05) is 6.61 Å². The molecule has 122 valence electrons. The molecule has 1 saturated heterocycles. The molecule has 1 aromatic carbocycles. The maximum absolute atomic E-state index is 12.1. The number of carbonyl (C=O) groups excluding carboxylic acids is 1. The van der Waals surface area contributed by atoms with E-state index < -0.39 is 0 Å². The Morgan fingerprint density at radius 2 is 2.05 bits per heavy atom. The Morgan fingerprint density at radius 1 is 1.36 bits per heavy atom. The number of amides is 1. The van der Waals surface area contributed by atoms with E-state index in [4.69, 9.17) is 23.2 Å². The lowest BCUT2D eigenvalue weighted by Gasteiger charge is -2.39. The molecule has 2 rings (SSSR count). The summed E-state index contributed by atoms with van der Waals surface area (Å²) >= 11 is 12.0. The molecule has 4 nitrogen and oxygen atoms in total. The van der Waals surface area contributed by atoms with Crippen molar-refractivity contribution in [1.82, 2.24) is 4.90 Å². The van der Waals surface area contributed by atoms with Gasteiger partial charge in [0.1, 0.15) is 0 Å². The van der Waals surface area contributed by atoms with E-state index in [0.29, 0.717) is 22.3 Å². The van der Waals surface area contributed by atoms with Crippen LogP contribution in [0.15, 0.2) is 18.2 Å². The third-order valence-electron chi connectivity index (χ3n) is 4.60. The van der Waals surface area contributed by atoms with Crippen LogP contribution < -0.4 is 5.32 Å². The predicted octanol–water partition coefficient (Wildman–Crippen LogP) is 3.42. The summed E-state index contributed by atoms with van der Waals surface area (Å²) in [5.74, 6) is -0.0998. The molecule has 0 atom stereocenters. The molecule has 1 aromatic rings. The molecule has 22 heavy (non-hydrogen) atoms. The van der Waals surface area contributed by atoms with E-state index in [1.54, 1.807) is 18.2 Å². The first-order valence-electron chi connectivity index (χ1n) is 7.57. The highest BCUT2D eigenvalue weighted by Crippen LogP contribution is 2.34. The largest absolute Gasteiger partial charge is 0.396 e. The molecule has 0 aromatic heterocycles. The Morgan fingerprint density at radius 3 is 2.64 bits per heavy atom. The van der Waals surface area contributed by atoms with E-state index in [1.165, 1.54) is 0 Å². The first-order chi connectivity index (χ1) is 10.5. The van der Waals surface area contributed by atoms with Crippen molar-refractivity contribution in [2.45, 2.75) is 26.2 Å². The quantitative estimate of drug-likeness (QED) is 0.860. The van der Waals surface area contributed by atoms with E-state index in [1.807, 2.05) is 0 Å². The van der Waals surface area contributed by atoms with Gasteiger partial charge in [0.05, 0.1) is 22.3 Å². The monoisotopic (exact) mass is 344 g/mol. The minimum absolute atomic E-state index is 0.0310. The van der Waals surface area contributed by atoms with Crippen LogP contribution in [0.4, 0.5) is 5.69 Å². The smallest absolute Gasteiger partial charge is 0.238 e. The third kappa shape index (κ3) is 4.13. The van der Waals surface area contributed by atoms with Crippen LogP contribution in [-0.4, -0.2) is 42.2 Å². The highest BCUT2D eigenvalue weighted by atomic mass is 35.5. The molecule has 2 N–H and O–H groups in total. The van der Waals surface area contributed by atoms with Crippen LogP contribution >= 0.6 is 23.2 Å². The molecular formula is C16H22Cl2N2O2. The van der Waals surface area contributed by atoms with Gasteiger partial charge in [-0.3, -0.25) is 9.69 Å². The van der Waals surface area contributed by atoms with Crippen molar-refractivity contribution in [1.29, 1.82) is 0 Å². The number of aliphatic hydroxyl groups is 1. The topological polar surface area (TPSA) is 52.6 Å². The average Bonchev–Trinajstić information content (AvgIpc) is 2.53. The van der Waals surface area contributed by atoms with E-state index in [0.717, 1.165) is 32.4 Å². The fourth-order valence-corrected chi connectivity index (χ4v) is 3.15. The zero-order valence-electron chi connectivity index (χ0n) is 12.7. The van der Waals surface area contributed by atoms with Gasteiger partial charge in [0.15, 0.2) is 0 Å². The van der Waals surface area contributed by atoms with Crippen LogP contribution in [0.3, 0.4) is 0 Å². The number of aliphatic hydroxyl groups excluding tert-OH is 1. The van der Waals surface area contributed by atoms with E-state index in [2.05, 4.69) is 17.1 Å². The standard InChI is InChI=1S/C16H22Cl2N2O2/c1-2-16(11-21)6-8-20(9-7-16)10-14(22)19-13-5-3-4-12(17)15(13)18/h3-5,21H,2,6-11H2,1H3,(H,19,22). The lowest BCUT2D eigenvalue weighted by atomic mass is 9.77. The first-order valence-corrected chi connectivity index (χ1v) is 8.32. The lowest BCUT2D eigenvalue weighted by molar-refractivity contribution is -0.118. The van der Waals surface area contributed by atoms with Crippen molar-refractivity contribution < 1.29 is 9.90 Å². The van der Waals surface area contributed by atoms with Gasteiger partial charge in [0.25, 0.3) is 0 Å². The number of hydrogen-bond acceptors (Lipinski definition) is 3. The van der Waals surface area contributed by atoms with E-state index in [9.17, 15) is 9.90 Å². The number of hydrogen-bond donors (Lipinski definition) is 2. The summed E-state index contributed by atoms with van der Waals surface area (Å²) in [6.07, 6.45) is 2.82. The number of benzene rings is 1. The van der Waals surface area contributed by atoms with Gasteiger partial charge >= 0.3 is 0 Å². The molecule has 1 aliphatic heterocycles. The van der Waals surface area contributed by atoms with Crippen molar-refractivity contribution in [2.24, 2.45) is 5.41 Å². The van der Waals surface area contributed by atoms with Crippen LogP contribution in [0.25, 0.3) is 0 Å². The van der Waals surface area contributed by atoms with Crippen LogP contribution in [0.2, 0.25) is 10.0 Å². The molecule has 1 aliphatic rings. The Hall–Kier alpha value is -0.810. The summed E-state index contributed by atoms with van der Waals surface area (Å²) in [4.78, 5) is 14.2. The number of rotatable bonds is 5. The second-order valence-electron chi connectivity index (χ2n) is 5.94. The number of nitrogens with zero attached hydrogens (tertiary/aromatic N) is 1. The number of halogens is 2. The summed E-state index contributed by atoms with van der Waals surface area (Å²) in [5.41, 5.74) is 0.568. The number of nitrogens with one attached hydrogen (secondary N) is 1. The van der Waals surface area contributed by atoms with Crippen LogP contribution in [0, 0.1) is 5.41 Å². The molecule has 0 bridgehead atoms. The maximum Gasteiger partial charge on any atom is 0.238 e.